The number of unbranched alkanes of at least 4 members (excludes halogenated alkanes) is 18. The molecule has 0 aromatic carbocycles. The molecule has 0 aliphatic carbocycles. The minimum atomic E-state index is -3.88. The largest absolute Gasteiger partial charge is 0.285 e. The van der Waals surface area contributed by atoms with Crippen LogP contribution in [0.3, 0.4) is 0 Å². The van der Waals surface area contributed by atoms with Gasteiger partial charge in [-0.25, -0.2) is 0 Å². The fraction of sp³-hybridized carbons (Fsp3) is 1.00. The number of hydrogen-bond donors (Lipinski definition) is 1. The Morgan fingerprint density at radius 1 is 0.483 bits per heavy atom. The topological polar surface area (TPSA) is 54.4 Å². The maximum absolute atomic E-state index is 11.6. The van der Waals surface area contributed by atoms with Crippen LogP contribution in [0.15, 0.2) is 0 Å². The first-order chi connectivity index (χ1) is 14.0. The Hall–Kier alpha value is -0.0900. The Labute approximate surface area is 183 Å². The van der Waals surface area contributed by atoms with Crippen LogP contribution in [0.4, 0.5) is 0 Å². The summed E-state index contributed by atoms with van der Waals surface area (Å²) in [6, 6.07) is 0. The van der Waals surface area contributed by atoms with E-state index in [-0.39, 0.29) is 0 Å². The first-order valence-corrected chi connectivity index (χ1v) is 14.5. The molecule has 0 rings (SSSR count). The molecule has 0 aromatic rings. The third-order valence-corrected chi connectivity index (χ3v) is 7.49. The smallest absolute Gasteiger partial charge is 0.267 e. The Morgan fingerprint density at radius 3 is 0.966 bits per heavy atom. The molecule has 0 amide bonds. The molecule has 0 saturated heterocycles. The van der Waals surface area contributed by atoms with Crippen LogP contribution in [0.1, 0.15) is 155 Å². The standard InChI is InChI=1S/C25H52O3S/c1-3-5-7-9-11-12-13-14-15-16-17-18-20-22-24-25(29(26,27)28)23-21-19-10-8-6-4-2/h25H,3-24H2,1-2H3,(H,26,27,28). The number of rotatable bonds is 23. The minimum absolute atomic E-state index is 0.536. The quantitative estimate of drug-likeness (QED) is 0.129. The second kappa shape index (κ2) is 21.2. The third kappa shape index (κ3) is 20.9. The van der Waals surface area contributed by atoms with Gasteiger partial charge >= 0.3 is 0 Å². The van der Waals surface area contributed by atoms with Gasteiger partial charge in [-0.1, -0.05) is 142 Å². The molecule has 0 aromatic heterocycles. The molecule has 1 N–H and O–H groups in total. The molecule has 0 aliphatic heterocycles. The lowest BCUT2D eigenvalue weighted by molar-refractivity contribution is 0.442. The van der Waals surface area contributed by atoms with Crippen molar-refractivity contribution in [2.24, 2.45) is 0 Å². The van der Waals surface area contributed by atoms with Gasteiger partial charge in [-0.3, -0.25) is 4.55 Å². The summed E-state index contributed by atoms with van der Waals surface area (Å²) < 4.78 is 32.7. The van der Waals surface area contributed by atoms with Gasteiger partial charge in [0.2, 0.25) is 0 Å². The van der Waals surface area contributed by atoms with E-state index in [0.717, 1.165) is 25.7 Å². The van der Waals surface area contributed by atoms with Crippen molar-refractivity contribution in [1.82, 2.24) is 0 Å². The summed E-state index contributed by atoms with van der Waals surface area (Å²) in [4.78, 5) is 0. The fourth-order valence-corrected chi connectivity index (χ4v) is 5.09. The Bertz CT molecular complexity index is 420. The van der Waals surface area contributed by atoms with Crippen molar-refractivity contribution in [3.8, 4) is 0 Å². The van der Waals surface area contributed by atoms with Crippen LogP contribution >= 0.6 is 0 Å². The monoisotopic (exact) mass is 432 g/mol. The van der Waals surface area contributed by atoms with Crippen molar-refractivity contribution in [1.29, 1.82) is 0 Å². The third-order valence-electron chi connectivity index (χ3n) is 6.18. The molecule has 0 saturated carbocycles. The Balaban J connectivity index is 3.54. The van der Waals surface area contributed by atoms with Gasteiger partial charge in [0.05, 0.1) is 5.25 Å². The minimum Gasteiger partial charge on any atom is -0.285 e. The van der Waals surface area contributed by atoms with Gasteiger partial charge in [-0.05, 0) is 12.8 Å². The number of hydrogen-bond acceptors (Lipinski definition) is 2. The second-order valence-electron chi connectivity index (χ2n) is 9.08. The van der Waals surface area contributed by atoms with E-state index in [0.29, 0.717) is 12.8 Å². The van der Waals surface area contributed by atoms with Crippen molar-refractivity contribution < 1.29 is 13.0 Å². The van der Waals surface area contributed by atoms with E-state index in [1.165, 1.54) is 103 Å². The Morgan fingerprint density at radius 2 is 0.724 bits per heavy atom. The molecule has 3 nitrogen and oxygen atoms in total. The van der Waals surface area contributed by atoms with E-state index in [4.69, 9.17) is 0 Å². The normalized spacial score (nSPS) is 13.1. The van der Waals surface area contributed by atoms with Crippen LogP contribution in [-0.2, 0) is 10.1 Å². The highest BCUT2D eigenvalue weighted by Crippen LogP contribution is 2.19. The summed E-state index contributed by atoms with van der Waals surface area (Å²) in [6.07, 6.45) is 26.5. The van der Waals surface area contributed by atoms with Crippen molar-refractivity contribution in [3.05, 3.63) is 0 Å². The lowest BCUT2D eigenvalue weighted by Crippen LogP contribution is -2.20. The molecule has 0 bridgehead atoms. The molecule has 1 unspecified atom stereocenters. The zero-order chi connectivity index (χ0) is 21.6. The van der Waals surface area contributed by atoms with Gasteiger partial charge in [-0.15, -0.1) is 0 Å². The van der Waals surface area contributed by atoms with E-state index in [1.807, 2.05) is 0 Å². The molecular weight excluding hydrogens is 380 g/mol. The predicted molar refractivity (Wildman–Crippen MR) is 128 cm³/mol. The zero-order valence-electron chi connectivity index (χ0n) is 19.8. The average molecular weight is 433 g/mol. The van der Waals surface area contributed by atoms with E-state index in [2.05, 4.69) is 13.8 Å². The summed E-state index contributed by atoms with van der Waals surface area (Å²) in [5.41, 5.74) is 0. The molecular formula is C25H52O3S. The first kappa shape index (κ1) is 28.9. The highest BCUT2D eigenvalue weighted by molar-refractivity contribution is 7.86. The van der Waals surface area contributed by atoms with Crippen LogP contribution in [0.2, 0.25) is 0 Å². The first-order valence-electron chi connectivity index (χ1n) is 13.0. The van der Waals surface area contributed by atoms with E-state index >= 15 is 0 Å². The van der Waals surface area contributed by atoms with Crippen LogP contribution in [-0.4, -0.2) is 18.2 Å². The molecule has 29 heavy (non-hydrogen) atoms. The van der Waals surface area contributed by atoms with Gasteiger partial charge in [0.1, 0.15) is 0 Å². The van der Waals surface area contributed by atoms with Crippen LogP contribution in [0, 0.1) is 0 Å². The molecule has 1 atom stereocenters. The van der Waals surface area contributed by atoms with E-state index in [1.54, 1.807) is 0 Å². The lowest BCUT2D eigenvalue weighted by atomic mass is 10.0. The van der Waals surface area contributed by atoms with Gasteiger partial charge in [0, 0.05) is 0 Å². The van der Waals surface area contributed by atoms with Gasteiger partial charge in [0.15, 0.2) is 0 Å². The summed E-state index contributed by atoms with van der Waals surface area (Å²) >= 11 is 0. The van der Waals surface area contributed by atoms with Gasteiger partial charge in [0.25, 0.3) is 10.1 Å². The maximum Gasteiger partial charge on any atom is 0.267 e. The lowest BCUT2D eigenvalue weighted by Gasteiger charge is -2.13. The summed E-state index contributed by atoms with van der Waals surface area (Å²) in [6.45, 7) is 4.47. The van der Waals surface area contributed by atoms with Crippen molar-refractivity contribution in [2.75, 3.05) is 0 Å². The summed E-state index contributed by atoms with van der Waals surface area (Å²) in [5, 5.41) is -0.536. The van der Waals surface area contributed by atoms with E-state index < -0.39 is 15.4 Å². The maximum atomic E-state index is 11.6. The van der Waals surface area contributed by atoms with E-state index in [9.17, 15) is 13.0 Å². The molecule has 0 spiro atoms. The van der Waals surface area contributed by atoms with Crippen molar-refractivity contribution in [2.45, 2.75) is 160 Å². The second-order valence-corrected chi connectivity index (χ2v) is 10.8. The van der Waals surface area contributed by atoms with Gasteiger partial charge < -0.3 is 0 Å². The van der Waals surface area contributed by atoms with Crippen LogP contribution < -0.4 is 0 Å². The Kier molecular flexibility index (Phi) is 21.1. The van der Waals surface area contributed by atoms with Crippen molar-refractivity contribution >= 4 is 10.1 Å². The van der Waals surface area contributed by atoms with Crippen LogP contribution in [0.5, 0.6) is 0 Å². The highest BCUT2D eigenvalue weighted by Gasteiger charge is 2.21. The molecule has 0 aliphatic rings. The van der Waals surface area contributed by atoms with Crippen molar-refractivity contribution in [3.63, 3.8) is 0 Å². The molecule has 4 heteroatoms. The summed E-state index contributed by atoms with van der Waals surface area (Å²) in [5.74, 6) is 0. The molecule has 0 radical (unpaired) electrons. The van der Waals surface area contributed by atoms with Crippen LogP contribution in [0.25, 0.3) is 0 Å². The molecule has 176 valence electrons. The highest BCUT2D eigenvalue weighted by atomic mass is 32.2. The molecule has 0 fully saturated rings. The van der Waals surface area contributed by atoms with Gasteiger partial charge in [-0.2, -0.15) is 8.42 Å². The fourth-order valence-electron chi connectivity index (χ4n) is 4.16. The SMILES string of the molecule is CCCCCCCCCCCCCCCCC(CCCCCCCC)S(=O)(=O)O. The summed E-state index contributed by atoms with van der Waals surface area (Å²) in [7, 11) is -3.88. The zero-order valence-corrected chi connectivity index (χ0v) is 20.6. The predicted octanol–water partition coefficient (Wildman–Crippen LogP) is 8.86. The average Bonchev–Trinajstić information content (AvgIpc) is 2.68. The molecule has 0 heterocycles.